The molecule has 1 fully saturated rings. The molecule has 6 nitrogen and oxygen atoms in total. The number of nitrogens with one attached hydrogen (secondary N) is 3. The van der Waals surface area contributed by atoms with Gasteiger partial charge in [0.05, 0.1) is 18.7 Å². The van der Waals surface area contributed by atoms with Gasteiger partial charge >= 0.3 is 0 Å². The molecule has 2 aromatic rings. The topological polar surface area (TPSA) is 83.4 Å². The number of hydrogen-bond acceptors (Lipinski definition) is 5. The standard InChI is InChI=1S/C19H22FN3O3S/c1-12-15(9-17(24)21-10-14-6-4-8-26-14)18(25)23-19(22-12)27-11-13-5-2-3-7-16(13)20/h2-8,12,15,19,22H,9-11H2,1H3,(H,21,24)(H,23,25). The van der Waals surface area contributed by atoms with E-state index in [1.54, 1.807) is 36.6 Å². The van der Waals surface area contributed by atoms with Crippen LogP contribution in [0, 0.1) is 11.7 Å². The molecule has 3 atom stereocenters. The lowest BCUT2D eigenvalue weighted by molar-refractivity contribution is -0.133. The highest BCUT2D eigenvalue weighted by molar-refractivity contribution is 7.99. The number of hydrogen-bond donors (Lipinski definition) is 3. The Balaban J connectivity index is 1.47. The second kappa shape index (κ2) is 9.05. The van der Waals surface area contributed by atoms with E-state index in [0.717, 1.165) is 0 Å². The van der Waals surface area contributed by atoms with Gasteiger partial charge in [0.15, 0.2) is 0 Å². The number of carbonyl (C=O) groups excluding carboxylic acids is 2. The van der Waals surface area contributed by atoms with Crippen LogP contribution in [0.15, 0.2) is 47.1 Å². The lowest BCUT2D eigenvalue weighted by Gasteiger charge is -2.35. The van der Waals surface area contributed by atoms with Crippen LogP contribution >= 0.6 is 11.8 Å². The third kappa shape index (κ3) is 5.33. The molecule has 3 rings (SSSR count). The summed E-state index contributed by atoms with van der Waals surface area (Å²) >= 11 is 1.41. The van der Waals surface area contributed by atoms with Crippen molar-refractivity contribution in [3.05, 3.63) is 59.8 Å². The summed E-state index contributed by atoms with van der Waals surface area (Å²) in [7, 11) is 0. The van der Waals surface area contributed by atoms with Gasteiger partial charge in [-0.25, -0.2) is 4.39 Å². The van der Waals surface area contributed by atoms with Crippen molar-refractivity contribution < 1.29 is 18.4 Å². The van der Waals surface area contributed by atoms with Crippen LogP contribution in [-0.2, 0) is 21.9 Å². The van der Waals surface area contributed by atoms with Crippen LogP contribution in [0.25, 0.3) is 0 Å². The van der Waals surface area contributed by atoms with E-state index in [-0.39, 0.29) is 35.6 Å². The van der Waals surface area contributed by atoms with Crippen LogP contribution in [0.1, 0.15) is 24.7 Å². The first kappa shape index (κ1) is 19.4. The minimum absolute atomic E-state index is 0.0887. The van der Waals surface area contributed by atoms with Gasteiger partial charge in [0.25, 0.3) is 0 Å². The highest BCUT2D eigenvalue weighted by Crippen LogP contribution is 2.23. The van der Waals surface area contributed by atoms with Crippen molar-refractivity contribution in [2.24, 2.45) is 5.92 Å². The van der Waals surface area contributed by atoms with Crippen molar-refractivity contribution in [3.8, 4) is 0 Å². The van der Waals surface area contributed by atoms with Crippen LogP contribution < -0.4 is 16.0 Å². The normalized spacial score (nSPS) is 22.3. The molecule has 2 heterocycles. The minimum Gasteiger partial charge on any atom is -0.467 e. The molecule has 1 aliphatic heterocycles. The zero-order valence-corrected chi connectivity index (χ0v) is 15.7. The van der Waals surface area contributed by atoms with E-state index in [9.17, 15) is 14.0 Å². The van der Waals surface area contributed by atoms with Crippen molar-refractivity contribution in [2.45, 2.75) is 37.2 Å². The second-order valence-electron chi connectivity index (χ2n) is 6.41. The van der Waals surface area contributed by atoms with Gasteiger partial charge in [-0.15, -0.1) is 11.8 Å². The fourth-order valence-corrected chi connectivity index (χ4v) is 3.97. The molecule has 8 heteroatoms. The molecule has 0 bridgehead atoms. The first-order valence-corrected chi connectivity index (χ1v) is 9.78. The van der Waals surface area contributed by atoms with E-state index >= 15 is 0 Å². The molecule has 1 saturated heterocycles. The fraction of sp³-hybridized carbons (Fsp3) is 0.368. The maximum absolute atomic E-state index is 13.7. The van der Waals surface area contributed by atoms with Gasteiger partial charge in [0, 0.05) is 18.2 Å². The molecule has 0 saturated carbocycles. The maximum atomic E-state index is 13.7. The van der Waals surface area contributed by atoms with Crippen LogP contribution in [0.5, 0.6) is 0 Å². The summed E-state index contributed by atoms with van der Waals surface area (Å²) in [6.45, 7) is 2.17. The van der Waals surface area contributed by atoms with Crippen molar-refractivity contribution in [3.63, 3.8) is 0 Å². The van der Waals surface area contributed by atoms with E-state index < -0.39 is 5.92 Å². The summed E-state index contributed by atoms with van der Waals surface area (Å²) < 4.78 is 18.9. The van der Waals surface area contributed by atoms with Crippen molar-refractivity contribution in [1.29, 1.82) is 0 Å². The fourth-order valence-electron chi connectivity index (χ4n) is 2.88. The molecule has 0 radical (unpaired) electrons. The van der Waals surface area contributed by atoms with Gasteiger partial charge in [-0.05, 0) is 30.7 Å². The summed E-state index contributed by atoms with van der Waals surface area (Å²) in [6.07, 6.45) is 1.63. The molecule has 1 aromatic heterocycles. The van der Waals surface area contributed by atoms with Gasteiger partial charge < -0.3 is 15.1 Å². The number of halogens is 1. The van der Waals surface area contributed by atoms with Crippen LogP contribution in [-0.4, -0.2) is 23.4 Å². The summed E-state index contributed by atoms with van der Waals surface area (Å²) in [5.41, 5.74) is 0.264. The van der Waals surface area contributed by atoms with Gasteiger partial charge in [-0.1, -0.05) is 18.2 Å². The SMILES string of the molecule is CC1NC(SCc2ccccc2F)NC(=O)C1CC(=O)NCc1ccco1. The van der Waals surface area contributed by atoms with Crippen LogP contribution in [0.2, 0.25) is 0 Å². The molecular weight excluding hydrogens is 369 g/mol. The Morgan fingerprint density at radius 3 is 2.81 bits per heavy atom. The van der Waals surface area contributed by atoms with E-state index in [2.05, 4.69) is 16.0 Å². The predicted molar refractivity (Wildman–Crippen MR) is 101 cm³/mol. The Hall–Kier alpha value is -2.32. The Bertz CT molecular complexity index is 784. The zero-order valence-electron chi connectivity index (χ0n) is 14.9. The number of amides is 2. The molecule has 3 N–H and O–H groups in total. The molecule has 27 heavy (non-hydrogen) atoms. The molecule has 144 valence electrons. The van der Waals surface area contributed by atoms with E-state index in [1.165, 1.54) is 17.8 Å². The molecule has 0 aliphatic carbocycles. The van der Waals surface area contributed by atoms with Crippen LogP contribution in [0.4, 0.5) is 4.39 Å². The van der Waals surface area contributed by atoms with Gasteiger partial charge in [0.2, 0.25) is 11.8 Å². The smallest absolute Gasteiger partial charge is 0.227 e. The third-order valence-corrected chi connectivity index (χ3v) is 5.50. The quantitative estimate of drug-likeness (QED) is 0.675. The van der Waals surface area contributed by atoms with Crippen molar-refractivity contribution in [1.82, 2.24) is 16.0 Å². The van der Waals surface area contributed by atoms with Crippen LogP contribution in [0.3, 0.4) is 0 Å². The molecule has 1 aliphatic rings. The molecular formula is C19H22FN3O3S. The lowest BCUT2D eigenvalue weighted by atomic mass is 9.94. The van der Waals surface area contributed by atoms with E-state index in [4.69, 9.17) is 4.42 Å². The Morgan fingerprint density at radius 2 is 2.11 bits per heavy atom. The summed E-state index contributed by atoms with van der Waals surface area (Å²) in [5.74, 6) is -0.0189. The van der Waals surface area contributed by atoms with Crippen molar-refractivity contribution in [2.75, 3.05) is 0 Å². The number of furan rings is 1. The predicted octanol–water partition coefficient (Wildman–Crippen LogP) is 2.37. The lowest BCUT2D eigenvalue weighted by Crippen LogP contribution is -2.59. The van der Waals surface area contributed by atoms with Gasteiger partial charge in [-0.3, -0.25) is 14.9 Å². The zero-order chi connectivity index (χ0) is 19.2. The van der Waals surface area contributed by atoms with Crippen molar-refractivity contribution >= 4 is 23.6 Å². The summed E-state index contributed by atoms with van der Waals surface area (Å²) in [6, 6.07) is 9.92. The number of carbonyl (C=O) groups is 2. The summed E-state index contributed by atoms with van der Waals surface area (Å²) in [4.78, 5) is 24.5. The largest absolute Gasteiger partial charge is 0.467 e. The molecule has 2 amide bonds. The maximum Gasteiger partial charge on any atom is 0.227 e. The van der Waals surface area contributed by atoms with Gasteiger partial charge in [-0.2, -0.15) is 0 Å². The number of benzene rings is 1. The molecule has 0 spiro atoms. The second-order valence-corrected chi connectivity index (χ2v) is 7.51. The highest BCUT2D eigenvalue weighted by atomic mass is 32.2. The van der Waals surface area contributed by atoms with Gasteiger partial charge in [0.1, 0.15) is 17.1 Å². The molecule has 3 unspecified atom stereocenters. The monoisotopic (exact) mass is 391 g/mol. The van der Waals surface area contributed by atoms with E-state index in [0.29, 0.717) is 23.6 Å². The Kier molecular flexibility index (Phi) is 6.52. The average molecular weight is 391 g/mol. The number of thioether (sulfide) groups is 1. The minimum atomic E-state index is -0.466. The summed E-state index contributed by atoms with van der Waals surface area (Å²) in [5, 5.41) is 8.88. The molecule has 1 aromatic carbocycles. The first-order chi connectivity index (χ1) is 13.0. The Labute approximate surface area is 161 Å². The van der Waals surface area contributed by atoms with E-state index in [1.807, 2.05) is 6.92 Å². The Morgan fingerprint density at radius 1 is 1.30 bits per heavy atom. The number of rotatable bonds is 7. The highest BCUT2D eigenvalue weighted by Gasteiger charge is 2.35. The first-order valence-electron chi connectivity index (χ1n) is 8.73. The average Bonchev–Trinajstić information content (AvgIpc) is 3.16. The third-order valence-electron chi connectivity index (χ3n) is 4.44.